The molecule has 3 heterocycles. The van der Waals surface area contributed by atoms with Crippen LogP contribution in [0.1, 0.15) is 24.8 Å². The molecule has 6 heteroatoms. The number of hydrogen-bond donors (Lipinski definition) is 0. The molecule has 6 nitrogen and oxygen atoms in total. The van der Waals surface area contributed by atoms with Crippen molar-refractivity contribution in [3.8, 4) is 11.5 Å². The van der Waals surface area contributed by atoms with E-state index in [0.717, 1.165) is 25.8 Å². The Morgan fingerprint density at radius 1 is 1.44 bits per heavy atom. The standard InChI is InChI=1S/C12H12N4O2/c17-8-16-7-3-5-10(16)12-14-11(15-18-12)9-4-1-2-6-13-9/h1-2,4,6,8,10H,3,5,7H2. The monoisotopic (exact) mass is 244 g/mol. The molecule has 2 aromatic rings. The molecule has 3 rings (SSSR count). The van der Waals surface area contributed by atoms with Crippen LogP contribution < -0.4 is 0 Å². The molecule has 0 aromatic carbocycles. The van der Waals surface area contributed by atoms with E-state index in [1.807, 2.05) is 18.2 Å². The third-order valence-corrected chi connectivity index (χ3v) is 3.05. The molecule has 1 amide bonds. The molecular weight excluding hydrogens is 232 g/mol. The van der Waals surface area contributed by atoms with Crippen molar-refractivity contribution < 1.29 is 9.32 Å². The molecule has 0 aliphatic carbocycles. The van der Waals surface area contributed by atoms with E-state index in [1.165, 1.54) is 0 Å². The maximum Gasteiger partial charge on any atom is 0.249 e. The molecule has 0 radical (unpaired) electrons. The van der Waals surface area contributed by atoms with E-state index in [-0.39, 0.29) is 6.04 Å². The van der Waals surface area contributed by atoms with Gasteiger partial charge in [0, 0.05) is 12.7 Å². The first kappa shape index (κ1) is 10.9. The van der Waals surface area contributed by atoms with Gasteiger partial charge in [0.15, 0.2) is 0 Å². The van der Waals surface area contributed by atoms with Crippen molar-refractivity contribution in [2.45, 2.75) is 18.9 Å². The van der Waals surface area contributed by atoms with Crippen LogP contribution in [0.15, 0.2) is 28.9 Å². The Hall–Kier alpha value is -2.24. The van der Waals surface area contributed by atoms with Crippen LogP contribution in [0.3, 0.4) is 0 Å². The Morgan fingerprint density at radius 2 is 2.39 bits per heavy atom. The molecule has 1 aliphatic heterocycles. The van der Waals surface area contributed by atoms with E-state index >= 15 is 0 Å². The molecule has 0 saturated carbocycles. The summed E-state index contributed by atoms with van der Waals surface area (Å²) in [6.45, 7) is 0.746. The summed E-state index contributed by atoms with van der Waals surface area (Å²) in [5.74, 6) is 0.948. The second-order valence-electron chi connectivity index (χ2n) is 4.17. The lowest BCUT2D eigenvalue weighted by molar-refractivity contribution is -0.119. The van der Waals surface area contributed by atoms with Crippen molar-refractivity contribution in [3.63, 3.8) is 0 Å². The van der Waals surface area contributed by atoms with Gasteiger partial charge in [-0.3, -0.25) is 9.78 Å². The maximum atomic E-state index is 10.9. The molecular formula is C12H12N4O2. The number of carbonyl (C=O) groups excluding carboxylic acids is 1. The zero-order valence-corrected chi connectivity index (χ0v) is 9.69. The molecule has 1 aliphatic rings. The summed E-state index contributed by atoms with van der Waals surface area (Å²) in [6, 6.07) is 5.43. The zero-order chi connectivity index (χ0) is 12.4. The molecule has 1 saturated heterocycles. The minimum absolute atomic E-state index is 0.0903. The van der Waals surface area contributed by atoms with Gasteiger partial charge in [-0.1, -0.05) is 11.2 Å². The fourth-order valence-electron chi connectivity index (χ4n) is 2.15. The Morgan fingerprint density at radius 3 is 3.17 bits per heavy atom. The van der Waals surface area contributed by atoms with E-state index in [1.54, 1.807) is 11.1 Å². The van der Waals surface area contributed by atoms with E-state index in [2.05, 4.69) is 15.1 Å². The Balaban J connectivity index is 1.88. The van der Waals surface area contributed by atoms with Crippen LogP contribution in [-0.2, 0) is 4.79 Å². The van der Waals surface area contributed by atoms with Gasteiger partial charge in [-0.2, -0.15) is 4.98 Å². The highest BCUT2D eigenvalue weighted by molar-refractivity contribution is 5.50. The molecule has 0 bridgehead atoms. The first-order chi connectivity index (χ1) is 8.88. The SMILES string of the molecule is O=CN1CCCC1c1nc(-c2ccccn2)no1. The van der Waals surface area contributed by atoms with Crippen LogP contribution in [-0.4, -0.2) is 33.0 Å². The first-order valence-corrected chi connectivity index (χ1v) is 5.84. The highest BCUT2D eigenvalue weighted by Gasteiger charge is 2.29. The summed E-state index contributed by atoms with van der Waals surface area (Å²) < 4.78 is 5.23. The zero-order valence-electron chi connectivity index (χ0n) is 9.69. The van der Waals surface area contributed by atoms with Gasteiger partial charge >= 0.3 is 0 Å². The van der Waals surface area contributed by atoms with Crippen molar-refractivity contribution in [1.29, 1.82) is 0 Å². The summed E-state index contributed by atoms with van der Waals surface area (Å²) in [4.78, 5) is 21.1. The summed E-state index contributed by atoms with van der Waals surface area (Å²) in [6.07, 6.45) is 4.34. The van der Waals surface area contributed by atoms with E-state index in [4.69, 9.17) is 4.52 Å². The topological polar surface area (TPSA) is 72.1 Å². The second kappa shape index (κ2) is 4.56. The highest BCUT2D eigenvalue weighted by atomic mass is 16.5. The number of carbonyl (C=O) groups is 1. The molecule has 2 aromatic heterocycles. The number of aromatic nitrogens is 3. The van der Waals surface area contributed by atoms with Gasteiger partial charge in [0.2, 0.25) is 18.1 Å². The quantitative estimate of drug-likeness (QED) is 0.763. The Labute approximate surface area is 104 Å². The van der Waals surface area contributed by atoms with Crippen LogP contribution in [0.25, 0.3) is 11.5 Å². The van der Waals surface area contributed by atoms with Crippen LogP contribution >= 0.6 is 0 Å². The Bertz CT molecular complexity index is 540. The van der Waals surface area contributed by atoms with Crippen LogP contribution in [0.2, 0.25) is 0 Å². The van der Waals surface area contributed by atoms with Crippen LogP contribution in [0.5, 0.6) is 0 Å². The van der Waals surface area contributed by atoms with Crippen LogP contribution in [0.4, 0.5) is 0 Å². The normalized spacial score (nSPS) is 19.1. The molecule has 18 heavy (non-hydrogen) atoms. The fraction of sp³-hybridized carbons (Fsp3) is 0.333. The van der Waals surface area contributed by atoms with Crippen molar-refractivity contribution in [2.75, 3.05) is 6.54 Å². The van der Waals surface area contributed by atoms with Gasteiger partial charge in [-0.05, 0) is 25.0 Å². The van der Waals surface area contributed by atoms with Gasteiger partial charge in [0.25, 0.3) is 0 Å². The first-order valence-electron chi connectivity index (χ1n) is 5.84. The minimum Gasteiger partial charge on any atom is -0.337 e. The predicted molar refractivity (Wildman–Crippen MR) is 62.3 cm³/mol. The smallest absolute Gasteiger partial charge is 0.249 e. The molecule has 0 spiro atoms. The van der Waals surface area contributed by atoms with Crippen molar-refractivity contribution in [2.24, 2.45) is 0 Å². The van der Waals surface area contributed by atoms with E-state index < -0.39 is 0 Å². The number of amides is 1. The summed E-state index contributed by atoms with van der Waals surface area (Å²) in [7, 11) is 0. The van der Waals surface area contributed by atoms with Crippen molar-refractivity contribution >= 4 is 6.41 Å². The van der Waals surface area contributed by atoms with Gasteiger partial charge in [0.1, 0.15) is 11.7 Å². The van der Waals surface area contributed by atoms with Gasteiger partial charge < -0.3 is 9.42 Å². The van der Waals surface area contributed by atoms with Crippen molar-refractivity contribution in [3.05, 3.63) is 30.3 Å². The number of hydrogen-bond acceptors (Lipinski definition) is 5. The lowest BCUT2D eigenvalue weighted by Gasteiger charge is -2.14. The largest absolute Gasteiger partial charge is 0.337 e. The summed E-state index contributed by atoms with van der Waals surface area (Å²) in [5.41, 5.74) is 0.670. The van der Waals surface area contributed by atoms with Gasteiger partial charge in [-0.25, -0.2) is 0 Å². The lowest BCUT2D eigenvalue weighted by atomic mass is 10.2. The molecule has 92 valence electrons. The van der Waals surface area contributed by atoms with Gasteiger partial charge in [0.05, 0.1) is 0 Å². The Kier molecular flexibility index (Phi) is 2.76. The molecule has 1 atom stereocenters. The molecule has 1 fully saturated rings. The highest BCUT2D eigenvalue weighted by Crippen LogP contribution is 2.30. The van der Waals surface area contributed by atoms with Crippen molar-refractivity contribution in [1.82, 2.24) is 20.0 Å². The average Bonchev–Trinajstić information content (AvgIpc) is 3.08. The fourth-order valence-corrected chi connectivity index (χ4v) is 2.15. The lowest BCUT2D eigenvalue weighted by Crippen LogP contribution is -2.21. The third-order valence-electron chi connectivity index (χ3n) is 3.05. The van der Waals surface area contributed by atoms with E-state index in [0.29, 0.717) is 17.4 Å². The third kappa shape index (κ3) is 1.85. The molecule has 0 N–H and O–H groups in total. The van der Waals surface area contributed by atoms with Gasteiger partial charge in [-0.15, -0.1) is 0 Å². The minimum atomic E-state index is -0.0903. The van der Waals surface area contributed by atoms with E-state index in [9.17, 15) is 4.79 Å². The number of rotatable bonds is 3. The predicted octanol–water partition coefficient (Wildman–Crippen LogP) is 1.42. The number of nitrogens with zero attached hydrogens (tertiary/aromatic N) is 4. The number of likely N-dealkylation sites (tertiary alicyclic amines) is 1. The molecule has 1 unspecified atom stereocenters. The van der Waals surface area contributed by atoms with Crippen LogP contribution in [0, 0.1) is 0 Å². The average molecular weight is 244 g/mol. The maximum absolute atomic E-state index is 10.9. The summed E-state index contributed by atoms with van der Waals surface area (Å²) >= 11 is 0. The summed E-state index contributed by atoms with van der Waals surface area (Å²) in [5, 5.41) is 3.91. The number of pyridine rings is 1. The second-order valence-corrected chi connectivity index (χ2v) is 4.17.